The lowest BCUT2D eigenvalue weighted by atomic mass is 10.1. The van der Waals surface area contributed by atoms with Crippen molar-refractivity contribution in [1.29, 1.82) is 0 Å². The quantitative estimate of drug-likeness (QED) is 0.677. The maximum atomic E-state index is 4.35. The minimum absolute atomic E-state index is 0.643. The Morgan fingerprint density at radius 1 is 1.55 bits per heavy atom. The molecule has 0 saturated carbocycles. The second-order valence-corrected chi connectivity index (χ2v) is 3.95. The molecule has 0 amide bonds. The Morgan fingerprint density at radius 3 is 2.82 bits per heavy atom. The van der Waals surface area contributed by atoms with Gasteiger partial charge in [-0.3, -0.25) is 0 Å². The molecule has 0 spiro atoms. The molecule has 1 aromatic rings. The topological polar surface area (TPSA) is 12.9 Å². The standard InChI is InChI=1S/C9H15NS/c1-4-5-8-9(7(2)3)11-6-10-8/h6-7H,4-5H2,1-3H3. The van der Waals surface area contributed by atoms with Gasteiger partial charge in [0.15, 0.2) is 0 Å². The second-order valence-electron chi connectivity index (χ2n) is 3.07. The predicted molar refractivity (Wildman–Crippen MR) is 50.2 cm³/mol. The monoisotopic (exact) mass is 169 g/mol. The molecule has 0 unspecified atom stereocenters. The van der Waals surface area contributed by atoms with Crippen molar-refractivity contribution >= 4 is 11.3 Å². The van der Waals surface area contributed by atoms with E-state index >= 15 is 0 Å². The summed E-state index contributed by atoms with van der Waals surface area (Å²) in [5.74, 6) is 0.643. The van der Waals surface area contributed by atoms with Crippen LogP contribution in [0.2, 0.25) is 0 Å². The fraction of sp³-hybridized carbons (Fsp3) is 0.667. The summed E-state index contributed by atoms with van der Waals surface area (Å²) in [6.45, 7) is 6.66. The van der Waals surface area contributed by atoms with E-state index < -0.39 is 0 Å². The van der Waals surface area contributed by atoms with Gasteiger partial charge in [-0.25, -0.2) is 4.98 Å². The summed E-state index contributed by atoms with van der Waals surface area (Å²) in [6, 6.07) is 0. The molecule has 0 bridgehead atoms. The van der Waals surface area contributed by atoms with Gasteiger partial charge in [0, 0.05) is 4.88 Å². The Hall–Kier alpha value is -0.370. The molecule has 11 heavy (non-hydrogen) atoms. The lowest BCUT2D eigenvalue weighted by Gasteiger charge is -2.02. The van der Waals surface area contributed by atoms with Crippen LogP contribution >= 0.6 is 11.3 Å². The molecule has 0 atom stereocenters. The largest absolute Gasteiger partial charge is 0.249 e. The van der Waals surface area contributed by atoms with Crippen molar-refractivity contribution in [3.63, 3.8) is 0 Å². The molecule has 2 heteroatoms. The molecule has 0 aliphatic carbocycles. The molecule has 0 saturated heterocycles. The summed E-state index contributed by atoms with van der Waals surface area (Å²) in [4.78, 5) is 5.81. The molecule has 0 radical (unpaired) electrons. The van der Waals surface area contributed by atoms with Gasteiger partial charge >= 0.3 is 0 Å². The van der Waals surface area contributed by atoms with Crippen molar-refractivity contribution in [3.05, 3.63) is 16.1 Å². The summed E-state index contributed by atoms with van der Waals surface area (Å²) in [7, 11) is 0. The third-order valence-electron chi connectivity index (χ3n) is 1.68. The first-order chi connectivity index (χ1) is 5.25. The smallest absolute Gasteiger partial charge is 0.0797 e. The summed E-state index contributed by atoms with van der Waals surface area (Å²) in [5, 5.41) is 0. The van der Waals surface area contributed by atoms with Crippen LogP contribution in [-0.2, 0) is 6.42 Å². The van der Waals surface area contributed by atoms with E-state index in [9.17, 15) is 0 Å². The fourth-order valence-corrected chi connectivity index (χ4v) is 2.03. The molecule has 1 rings (SSSR count). The van der Waals surface area contributed by atoms with E-state index in [0.717, 1.165) is 6.42 Å². The van der Waals surface area contributed by atoms with E-state index in [4.69, 9.17) is 0 Å². The van der Waals surface area contributed by atoms with Gasteiger partial charge < -0.3 is 0 Å². The Bertz CT molecular complexity index is 215. The van der Waals surface area contributed by atoms with Gasteiger partial charge in [-0.1, -0.05) is 27.2 Å². The van der Waals surface area contributed by atoms with Gasteiger partial charge in [0.25, 0.3) is 0 Å². The first-order valence-corrected chi connectivity index (χ1v) is 5.06. The molecular weight excluding hydrogens is 154 g/mol. The summed E-state index contributed by atoms with van der Waals surface area (Å²) >= 11 is 1.79. The molecule has 0 aliphatic rings. The molecule has 0 aliphatic heterocycles. The van der Waals surface area contributed by atoms with Crippen LogP contribution in [0.15, 0.2) is 5.51 Å². The van der Waals surface area contributed by atoms with Crippen molar-refractivity contribution in [2.75, 3.05) is 0 Å². The van der Waals surface area contributed by atoms with Crippen LogP contribution in [0, 0.1) is 0 Å². The van der Waals surface area contributed by atoms with E-state index in [1.807, 2.05) is 5.51 Å². The number of rotatable bonds is 3. The number of nitrogens with zero attached hydrogens (tertiary/aromatic N) is 1. The van der Waals surface area contributed by atoms with Crippen LogP contribution in [-0.4, -0.2) is 4.98 Å². The highest BCUT2D eigenvalue weighted by molar-refractivity contribution is 7.09. The molecule has 0 fully saturated rings. The predicted octanol–water partition coefficient (Wildman–Crippen LogP) is 3.22. The number of thiazole rings is 1. The molecule has 0 aromatic carbocycles. The van der Waals surface area contributed by atoms with Crippen molar-refractivity contribution in [2.24, 2.45) is 0 Å². The normalized spacial score (nSPS) is 10.9. The first-order valence-electron chi connectivity index (χ1n) is 4.18. The van der Waals surface area contributed by atoms with E-state index in [0.29, 0.717) is 5.92 Å². The molecule has 1 nitrogen and oxygen atoms in total. The minimum atomic E-state index is 0.643. The number of hydrogen-bond acceptors (Lipinski definition) is 2. The number of aryl methyl sites for hydroxylation is 1. The molecule has 0 N–H and O–H groups in total. The lowest BCUT2D eigenvalue weighted by molar-refractivity contribution is 0.821. The van der Waals surface area contributed by atoms with Crippen LogP contribution < -0.4 is 0 Å². The van der Waals surface area contributed by atoms with Crippen molar-refractivity contribution in [2.45, 2.75) is 39.5 Å². The Balaban J connectivity index is 2.78. The summed E-state index contributed by atoms with van der Waals surface area (Å²) in [6.07, 6.45) is 2.33. The molecular formula is C9H15NS. The summed E-state index contributed by atoms with van der Waals surface area (Å²) < 4.78 is 0. The van der Waals surface area contributed by atoms with E-state index in [2.05, 4.69) is 25.8 Å². The summed E-state index contributed by atoms with van der Waals surface area (Å²) in [5.41, 5.74) is 3.27. The van der Waals surface area contributed by atoms with Crippen LogP contribution in [0.3, 0.4) is 0 Å². The second kappa shape index (κ2) is 3.86. The average Bonchev–Trinajstić information content (AvgIpc) is 2.36. The van der Waals surface area contributed by atoms with E-state index in [1.54, 1.807) is 11.3 Å². The maximum absolute atomic E-state index is 4.35. The molecule has 62 valence electrons. The third kappa shape index (κ3) is 2.03. The highest BCUT2D eigenvalue weighted by atomic mass is 32.1. The first kappa shape index (κ1) is 8.72. The Labute approximate surface area is 72.5 Å². The number of aromatic nitrogens is 1. The van der Waals surface area contributed by atoms with Crippen molar-refractivity contribution in [3.8, 4) is 0 Å². The van der Waals surface area contributed by atoms with Gasteiger partial charge in [-0.2, -0.15) is 0 Å². The minimum Gasteiger partial charge on any atom is -0.249 e. The fourth-order valence-electron chi connectivity index (χ4n) is 1.17. The van der Waals surface area contributed by atoms with Gasteiger partial charge in [0.05, 0.1) is 11.2 Å². The highest BCUT2D eigenvalue weighted by Gasteiger charge is 2.07. The van der Waals surface area contributed by atoms with Gasteiger partial charge in [0.1, 0.15) is 0 Å². The van der Waals surface area contributed by atoms with Crippen molar-refractivity contribution in [1.82, 2.24) is 4.98 Å². The highest BCUT2D eigenvalue weighted by Crippen LogP contribution is 2.23. The van der Waals surface area contributed by atoms with E-state index in [-0.39, 0.29) is 0 Å². The zero-order chi connectivity index (χ0) is 8.27. The van der Waals surface area contributed by atoms with Crippen LogP contribution in [0.1, 0.15) is 43.7 Å². The number of hydrogen-bond donors (Lipinski definition) is 0. The Morgan fingerprint density at radius 2 is 2.27 bits per heavy atom. The molecule has 1 aromatic heterocycles. The van der Waals surface area contributed by atoms with Gasteiger partial charge in [-0.15, -0.1) is 11.3 Å². The molecule has 1 heterocycles. The SMILES string of the molecule is CCCc1ncsc1C(C)C. The van der Waals surface area contributed by atoms with Crippen LogP contribution in [0.5, 0.6) is 0 Å². The maximum Gasteiger partial charge on any atom is 0.0797 e. The van der Waals surface area contributed by atoms with Gasteiger partial charge in [0.2, 0.25) is 0 Å². The third-order valence-corrected chi connectivity index (χ3v) is 2.86. The van der Waals surface area contributed by atoms with Crippen LogP contribution in [0.25, 0.3) is 0 Å². The average molecular weight is 169 g/mol. The zero-order valence-corrected chi connectivity index (χ0v) is 8.24. The van der Waals surface area contributed by atoms with Crippen LogP contribution in [0.4, 0.5) is 0 Å². The van der Waals surface area contributed by atoms with Gasteiger partial charge in [-0.05, 0) is 12.3 Å². The van der Waals surface area contributed by atoms with E-state index in [1.165, 1.54) is 17.0 Å². The lowest BCUT2D eigenvalue weighted by Crippen LogP contribution is -1.91. The zero-order valence-electron chi connectivity index (χ0n) is 7.42. The Kier molecular flexibility index (Phi) is 3.06. The van der Waals surface area contributed by atoms with Crippen molar-refractivity contribution < 1.29 is 0 Å².